The summed E-state index contributed by atoms with van der Waals surface area (Å²) in [6.45, 7) is 3.47. The average Bonchev–Trinajstić information content (AvgIpc) is 2.25. The predicted octanol–water partition coefficient (Wildman–Crippen LogP) is 1.11. The van der Waals surface area contributed by atoms with E-state index in [1.54, 1.807) is 32.8 Å². The highest BCUT2D eigenvalue weighted by molar-refractivity contribution is 6.07. The molecule has 0 aromatic heterocycles. The van der Waals surface area contributed by atoms with Gasteiger partial charge in [0.2, 0.25) is 0 Å². The average molecular weight is 241 g/mol. The third-order valence-electron chi connectivity index (χ3n) is 1.95. The van der Waals surface area contributed by atoms with E-state index in [1.807, 2.05) is 0 Å². The molecule has 5 heteroatoms. The number of ether oxygens (including phenoxy) is 2. The van der Waals surface area contributed by atoms with Gasteiger partial charge in [-0.3, -0.25) is 0 Å². The molecule has 17 heavy (non-hydrogen) atoms. The fraction of sp³-hybridized carbons (Fsp3) is 0.500. The Hall–Kier alpha value is -1.78. The summed E-state index contributed by atoms with van der Waals surface area (Å²) in [7, 11) is 6.05. The molecular weight excluding hydrogens is 222 g/mol. The minimum Gasteiger partial charge on any atom is -0.465 e. The molecule has 0 bridgehead atoms. The van der Waals surface area contributed by atoms with Gasteiger partial charge in [0.15, 0.2) is 0 Å². The minimum absolute atomic E-state index is 0.185. The first-order valence-electron chi connectivity index (χ1n) is 5.07. The van der Waals surface area contributed by atoms with Crippen molar-refractivity contribution in [2.24, 2.45) is 0 Å². The maximum Gasteiger partial charge on any atom is 0.340 e. The summed E-state index contributed by atoms with van der Waals surface area (Å²) in [6, 6.07) is 0. The molecule has 0 aromatic carbocycles. The zero-order chi connectivity index (χ0) is 13.6. The molecule has 0 amide bonds. The van der Waals surface area contributed by atoms with Crippen molar-refractivity contribution in [1.82, 2.24) is 4.90 Å². The van der Waals surface area contributed by atoms with Crippen molar-refractivity contribution in [3.63, 3.8) is 0 Å². The molecule has 0 fully saturated rings. The molecule has 0 saturated carbocycles. The third kappa shape index (κ3) is 4.30. The number of esters is 2. The Bertz CT molecular complexity index is 363. The van der Waals surface area contributed by atoms with E-state index in [9.17, 15) is 9.59 Å². The van der Waals surface area contributed by atoms with Gasteiger partial charge in [-0.2, -0.15) is 0 Å². The number of hydrogen-bond acceptors (Lipinski definition) is 5. The fourth-order valence-electron chi connectivity index (χ4n) is 1.27. The highest BCUT2D eigenvalue weighted by atomic mass is 16.5. The van der Waals surface area contributed by atoms with Crippen LogP contribution >= 0.6 is 0 Å². The maximum absolute atomic E-state index is 11.7. The van der Waals surface area contributed by atoms with Crippen LogP contribution in [0.4, 0.5) is 0 Å². The molecule has 5 nitrogen and oxygen atoms in total. The maximum atomic E-state index is 11.7. The van der Waals surface area contributed by atoms with Crippen LogP contribution in [0.2, 0.25) is 0 Å². The summed E-state index contributed by atoms with van der Waals surface area (Å²) < 4.78 is 9.33. The lowest BCUT2D eigenvalue weighted by Gasteiger charge is -2.13. The Kier molecular flexibility index (Phi) is 6.02. The molecule has 0 aliphatic carbocycles. The van der Waals surface area contributed by atoms with Crippen LogP contribution in [0.15, 0.2) is 22.9 Å². The molecule has 0 aromatic rings. The number of carbonyl (C=O) groups is 2. The molecule has 0 unspecified atom stereocenters. The number of hydrogen-bond donors (Lipinski definition) is 0. The van der Waals surface area contributed by atoms with Crippen LogP contribution in [-0.2, 0) is 19.1 Å². The highest BCUT2D eigenvalue weighted by Crippen LogP contribution is 2.18. The van der Waals surface area contributed by atoms with Crippen LogP contribution < -0.4 is 0 Å². The first kappa shape index (κ1) is 15.2. The SMILES string of the molecule is COC(=O)C(=C(C)C)/C(=C/N(C)C)C(=O)OC. The molecule has 0 spiro atoms. The number of methoxy groups -OCH3 is 2. The molecule has 0 rings (SSSR count). The third-order valence-corrected chi connectivity index (χ3v) is 1.95. The van der Waals surface area contributed by atoms with Crippen molar-refractivity contribution in [3.8, 4) is 0 Å². The van der Waals surface area contributed by atoms with Crippen LogP contribution in [0.5, 0.6) is 0 Å². The van der Waals surface area contributed by atoms with Crippen LogP contribution in [0, 0.1) is 0 Å². The molecule has 96 valence electrons. The summed E-state index contributed by atoms with van der Waals surface area (Å²) in [4.78, 5) is 25.0. The second kappa shape index (κ2) is 6.73. The van der Waals surface area contributed by atoms with Crippen molar-refractivity contribution in [2.45, 2.75) is 13.8 Å². The molecule has 0 radical (unpaired) electrons. The molecule has 0 aliphatic heterocycles. The second-order valence-corrected chi connectivity index (χ2v) is 3.86. The fourth-order valence-corrected chi connectivity index (χ4v) is 1.27. The van der Waals surface area contributed by atoms with Crippen molar-refractivity contribution < 1.29 is 19.1 Å². The molecular formula is C12H19NO4. The summed E-state index contributed by atoms with van der Waals surface area (Å²) >= 11 is 0. The topological polar surface area (TPSA) is 55.8 Å². The van der Waals surface area contributed by atoms with E-state index in [0.29, 0.717) is 5.57 Å². The Morgan fingerprint density at radius 3 is 1.76 bits per heavy atom. The lowest BCUT2D eigenvalue weighted by Crippen LogP contribution is -2.18. The quantitative estimate of drug-likeness (QED) is 0.419. The van der Waals surface area contributed by atoms with Crippen LogP contribution in [-0.4, -0.2) is 45.2 Å². The highest BCUT2D eigenvalue weighted by Gasteiger charge is 2.23. The van der Waals surface area contributed by atoms with E-state index in [1.165, 1.54) is 20.4 Å². The van der Waals surface area contributed by atoms with Gasteiger partial charge in [0.05, 0.1) is 25.4 Å². The van der Waals surface area contributed by atoms with Gasteiger partial charge in [0.25, 0.3) is 0 Å². The van der Waals surface area contributed by atoms with Crippen LogP contribution in [0.25, 0.3) is 0 Å². The lowest BCUT2D eigenvalue weighted by molar-refractivity contribution is -0.139. The molecule has 0 saturated heterocycles. The normalized spacial score (nSPS) is 10.6. The van der Waals surface area contributed by atoms with E-state index >= 15 is 0 Å². The van der Waals surface area contributed by atoms with Gasteiger partial charge < -0.3 is 14.4 Å². The van der Waals surface area contributed by atoms with Gasteiger partial charge >= 0.3 is 11.9 Å². The van der Waals surface area contributed by atoms with E-state index < -0.39 is 11.9 Å². The minimum atomic E-state index is -0.569. The summed E-state index contributed by atoms with van der Waals surface area (Å²) in [5.41, 5.74) is 1.10. The van der Waals surface area contributed by atoms with E-state index in [4.69, 9.17) is 0 Å². The summed E-state index contributed by atoms with van der Waals surface area (Å²) in [5.74, 6) is -1.12. The molecule has 0 heterocycles. The first-order valence-corrected chi connectivity index (χ1v) is 5.07. The predicted molar refractivity (Wildman–Crippen MR) is 64.2 cm³/mol. The second-order valence-electron chi connectivity index (χ2n) is 3.86. The van der Waals surface area contributed by atoms with Gasteiger partial charge in [0, 0.05) is 20.3 Å². The van der Waals surface area contributed by atoms with Crippen LogP contribution in [0.3, 0.4) is 0 Å². The van der Waals surface area contributed by atoms with Crippen molar-refractivity contribution in [3.05, 3.63) is 22.9 Å². The van der Waals surface area contributed by atoms with E-state index in [2.05, 4.69) is 9.47 Å². The number of allylic oxidation sites excluding steroid dienone is 1. The zero-order valence-corrected chi connectivity index (χ0v) is 11.2. The van der Waals surface area contributed by atoms with Crippen molar-refractivity contribution in [2.75, 3.05) is 28.3 Å². The first-order chi connectivity index (χ1) is 7.84. The molecule has 0 atom stereocenters. The van der Waals surface area contributed by atoms with Crippen molar-refractivity contribution >= 4 is 11.9 Å². The monoisotopic (exact) mass is 241 g/mol. The Morgan fingerprint density at radius 2 is 1.47 bits per heavy atom. The number of carbonyl (C=O) groups excluding carboxylic acids is 2. The van der Waals surface area contributed by atoms with Crippen LogP contribution in [0.1, 0.15) is 13.8 Å². The van der Waals surface area contributed by atoms with Gasteiger partial charge in [0.1, 0.15) is 0 Å². The van der Waals surface area contributed by atoms with Crippen molar-refractivity contribution in [1.29, 1.82) is 0 Å². The molecule has 0 N–H and O–H groups in total. The van der Waals surface area contributed by atoms with Gasteiger partial charge in [-0.1, -0.05) is 5.57 Å². The smallest absolute Gasteiger partial charge is 0.340 e. The summed E-state index contributed by atoms with van der Waals surface area (Å²) in [6.07, 6.45) is 1.53. The Balaban J connectivity index is 5.66. The Morgan fingerprint density at radius 1 is 1.00 bits per heavy atom. The standard InChI is InChI=1S/C12H19NO4/c1-8(2)10(12(15)17-6)9(7-13(3)4)11(14)16-5/h7H,1-6H3/b9-7-. The lowest BCUT2D eigenvalue weighted by atomic mass is 10.0. The number of nitrogens with zero attached hydrogens (tertiary/aromatic N) is 1. The Labute approximate surface area is 102 Å². The number of rotatable bonds is 4. The van der Waals surface area contributed by atoms with E-state index in [-0.39, 0.29) is 11.1 Å². The van der Waals surface area contributed by atoms with Gasteiger partial charge in [-0.05, 0) is 13.8 Å². The zero-order valence-electron chi connectivity index (χ0n) is 11.2. The van der Waals surface area contributed by atoms with Gasteiger partial charge in [-0.15, -0.1) is 0 Å². The van der Waals surface area contributed by atoms with Gasteiger partial charge in [-0.25, -0.2) is 9.59 Å². The van der Waals surface area contributed by atoms with E-state index in [0.717, 1.165) is 0 Å². The largest absolute Gasteiger partial charge is 0.465 e. The summed E-state index contributed by atoms with van der Waals surface area (Å²) in [5, 5.41) is 0. The molecule has 0 aliphatic rings.